The fraction of sp³-hybridized carbons (Fsp3) is 0.714. The Morgan fingerprint density at radius 3 is 3.10 bits per heavy atom. The number of aromatic nitrogens is 4. The molecule has 0 saturated heterocycles. The van der Waals surface area contributed by atoms with Gasteiger partial charge in [0.1, 0.15) is 0 Å². The number of rotatable bonds is 8. The predicted octanol–water partition coefficient (Wildman–Crippen LogP) is 1.41. The van der Waals surface area contributed by atoms with Crippen molar-refractivity contribution in [2.75, 3.05) is 26.2 Å². The molecule has 21 heavy (non-hydrogen) atoms. The van der Waals surface area contributed by atoms with Gasteiger partial charge in [-0.2, -0.15) is 5.21 Å². The molecule has 7 nitrogen and oxygen atoms in total. The van der Waals surface area contributed by atoms with Crippen molar-refractivity contribution < 1.29 is 9.53 Å². The van der Waals surface area contributed by atoms with Gasteiger partial charge in [0.25, 0.3) is 0 Å². The predicted molar refractivity (Wildman–Crippen MR) is 78.3 cm³/mol. The number of H-pyrrole nitrogens is 1. The van der Waals surface area contributed by atoms with Crippen molar-refractivity contribution in [2.24, 2.45) is 0 Å². The summed E-state index contributed by atoms with van der Waals surface area (Å²) in [7, 11) is 0. The van der Waals surface area contributed by atoms with Crippen LogP contribution in [0.5, 0.6) is 0 Å². The second kappa shape index (κ2) is 8.51. The highest BCUT2D eigenvalue weighted by Gasteiger charge is 2.19. The molecule has 0 radical (unpaired) electrons. The van der Waals surface area contributed by atoms with E-state index < -0.39 is 0 Å². The quantitative estimate of drug-likeness (QED) is 0.576. The summed E-state index contributed by atoms with van der Waals surface area (Å²) in [4.78, 5) is 13.9. The second-order valence-electron chi connectivity index (χ2n) is 5.25. The van der Waals surface area contributed by atoms with Crippen molar-refractivity contribution in [2.45, 2.75) is 39.0 Å². The second-order valence-corrected chi connectivity index (χ2v) is 5.25. The van der Waals surface area contributed by atoms with Crippen LogP contribution in [-0.2, 0) is 9.53 Å². The molecule has 0 atom stereocenters. The maximum Gasteiger partial charge on any atom is 0.320 e. The molecule has 1 N–H and O–H groups in total. The Morgan fingerprint density at radius 1 is 1.43 bits per heavy atom. The highest BCUT2D eigenvalue weighted by atomic mass is 16.5. The van der Waals surface area contributed by atoms with Crippen molar-refractivity contribution in [3.8, 4) is 0 Å². The van der Waals surface area contributed by atoms with Crippen LogP contribution in [0.4, 0.5) is 0 Å². The first kappa shape index (κ1) is 15.6. The van der Waals surface area contributed by atoms with Crippen LogP contribution in [0, 0.1) is 0 Å². The van der Waals surface area contributed by atoms with E-state index in [9.17, 15) is 4.79 Å². The van der Waals surface area contributed by atoms with E-state index in [1.807, 2.05) is 0 Å². The van der Waals surface area contributed by atoms with Crippen LogP contribution in [0.25, 0.3) is 5.57 Å². The van der Waals surface area contributed by atoms with Crippen LogP contribution in [0.1, 0.15) is 44.9 Å². The molecule has 0 saturated carbocycles. The Balaban J connectivity index is 1.69. The molecule has 0 bridgehead atoms. The number of nitrogens with one attached hydrogen (secondary N) is 1. The highest BCUT2D eigenvalue weighted by Crippen LogP contribution is 2.16. The zero-order chi connectivity index (χ0) is 14.9. The molecule has 2 heterocycles. The monoisotopic (exact) mass is 293 g/mol. The third kappa shape index (κ3) is 5.26. The van der Waals surface area contributed by atoms with Gasteiger partial charge in [0.15, 0.2) is 0 Å². The number of hydrogen-bond donors (Lipinski definition) is 1. The van der Waals surface area contributed by atoms with Gasteiger partial charge in [0.05, 0.1) is 13.2 Å². The van der Waals surface area contributed by atoms with E-state index >= 15 is 0 Å². The average Bonchev–Trinajstić information content (AvgIpc) is 3.01. The maximum atomic E-state index is 11.8. The molecule has 0 spiro atoms. The summed E-state index contributed by atoms with van der Waals surface area (Å²) in [5, 5.41) is 14.0. The van der Waals surface area contributed by atoms with Crippen LogP contribution in [-0.4, -0.2) is 57.7 Å². The number of hydrogen-bond acceptors (Lipinski definition) is 6. The van der Waals surface area contributed by atoms with E-state index in [4.69, 9.17) is 4.74 Å². The van der Waals surface area contributed by atoms with Gasteiger partial charge in [-0.1, -0.05) is 32.3 Å². The molecule has 0 fully saturated rings. The molecule has 0 unspecified atom stereocenters. The first-order chi connectivity index (χ1) is 10.3. The Bertz CT molecular complexity index is 458. The number of aromatic amines is 1. The number of ether oxygens (including phenoxy) is 1. The lowest BCUT2D eigenvalue weighted by molar-refractivity contribution is -0.144. The van der Waals surface area contributed by atoms with E-state index in [0.717, 1.165) is 31.4 Å². The first-order valence-electron chi connectivity index (χ1n) is 7.60. The first-order valence-corrected chi connectivity index (χ1v) is 7.60. The minimum atomic E-state index is -0.152. The minimum Gasteiger partial charge on any atom is -0.465 e. The Labute approximate surface area is 124 Å². The van der Waals surface area contributed by atoms with Gasteiger partial charge >= 0.3 is 5.97 Å². The molecule has 1 aromatic heterocycles. The van der Waals surface area contributed by atoms with Gasteiger partial charge in [-0.25, -0.2) is 0 Å². The summed E-state index contributed by atoms with van der Waals surface area (Å²) in [6, 6.07) is 0. The van der Waals surface area contributed by atoms with E-state index in [2.05, 4.69) is 38.5 Å². The van der Waals surface area contributed by atoms with E-state index in [1.54, 1.807) is 0 Å². The van der Waals surface area contributed by atoms with Gasteiger partial charge in [0.2, 0.25) is 5.82 Å². The molecule has 116 valence electrons. The van der Waals surface area contributed by atoms with Crippen molar-refractivity contribution in [3.05, 3.63) is 11.9 Å². The zero-order valence-corrected chi connectivity index (χ0v) is 12.5. The Morgan fingerprint density at radius 2 is 2.33 bits per heavy atom. The van der Waals surface area contributed by atoms with Gasteiger partial charge in [-0.05, 0) is 18.1 Å². The third-order valence-corrected chi connectivity index (χ3v) is 3.48. The molecule has 1 aromatic rings. The van der Waals surface area contributed by atoms with Gasteiger partial charge in [-0.3, -0.25) is 9.69 Å². The minimum absolute atomic E-state index is 0.152. The van der Waals surface area contributed by atoms with E-state index in [1.165, 1.54) is 12.8 Å². The van der Waals surface area contributed by atoms with Crippen LogP contribution in [0.15, 0.2) is 6.08 Å². The van der Waals surface area contributed by atoms with Crippen LogP contribution < -0.4 is 0 Å². The summed E-state index contributed by atoms with van der Waals surface area (Å²) >= 11 is 0. The number of nitrogens with zero attached hydrogens (tertiary/aromatic N) is 4. The lowest BCUT2D eigenvalue weighted by Gasteiger charge is -2.24. The van der Waals surface area contributed by atoms with Crippen LogP contribution >= 0.6 is 0 Å². The standard InChI is InChI=1S/C14H23N5O2/c1-2-3-4-5-9-21-13(20)11-19-8-6-7-12(10-19)14-15-17-18-16-14/h7H,2-6,8-11H2,1H3,(H,15,16,17,18). The van der Waals surface area contributed by atoms with Crippen molar-refractivity contribution in [1.82, 2.24) is 25.5 Å². The number of tetrazole rings is 1. The zero-order valence-electron chi connectivity index (χ0n) is 12.5. The molecular formula is C14H23N5O2. The number of carbonyl (C=O) groups excluding carboxylic acids is 1. The maximum absolute atomic E-state index is 11.8. The summed E-state index contributed by atoms with van der Waals surface area (Å²) in [6.45, 7) is 4.52. The third-order valence-electron chi connectivity index (χ3n) is 3.48. The van der Waals surface area contributed by atoms with E-state index in [-0.39, 0.29) is 5.97 Å². The number of unbranched alkanes of at least 4 members (excludes halogenated alkanes) is 3. The lowest BCUT2D eigenvalue weighted by Crippen LogP contribution is -2.35. The highest BCUT2D eigenvalue weighted by molar-refractivity contribution is 5.72. The van der Waals surface area contributed by atoms with Gasteiger partial charge < -0.3 is 4.74 Å². The number of carbonyl (C=O) groups is 1. The van der Waals surface area contributed by atoms with Crippen LogP contribution in [0.3, 0.4) is 0 Å². The molecule has 1 aliphatic rings. The summed E-state index contributed by atoms with van der Waals surface area (Å²) in [5.74, 6) is 0.452. The molecular weight excluding hydrogens is 270 g/mol. The number of esters is 1. The van der Waals surface area contributed by atoms with Crippen molar-refractivity contribution in [1.29, 1.82) is 0 Å². The summed E-state index contributed by atoms with van der Waals surface area (Å²) in [6.07, 6.45) is 7.44. The smallest absolute Gasteiger partial charge is 0.320 e. The average molecular weight is 293 g/mol. The summed E-state index contributed by atoms with van der Waals surface area (Å²) in [5.41, 5.74) is 1.01. The van der Waals surface area contributed by atoms with E-state index in [0.29, 0.717) is 25.5 Å². The fourth-order valence-corrected chi connectivity index (χ4v) is 2.34. The summed E-state index contributed by atoms with van der Waals surface area (Å²) < 4.78 is 5.27. The fourth-order valence-electron chi connectivity index (χ4n) is 2.34. The molecule has 7 heteroatoms. The largest absolute Gasteiger partial charge is 0.465 e. The molecule has 0 aromatic carbocycles. The van der Waals surface area contributed by atoms with Gasteiger partial charge in [-0.15, -0.1) is 10.2 Å². The Kier molecular flexibility index (Phi) is 6.33. The lowest BCUT2D eigenvalue weighted by atomic mass is 10.1. The molecule has 1 aliphatic heterocycles. The van der Waals surface area contributed by atoms with Crippen molar-refractivity contribution >= 4 is 11.5 Å². The molecule has 0 amide bonds. The molecule has 0 aliphatic carbocycles. The molecule has 2 rings (SSSR count). The SMILES string of the molecule is CCCCCCOC(=O)CN1CCC=C(c2nn[nH]n2)C1. The van der Waals surface area contributed by atoms with Crippen LogP contribution in [0.2, 0.25) is 0 Å². The topological polar surface area (TPSA) is 84.0 Å². The normalized spacial score (nSPS) is 15.8. The van der Waals surface area contributed by atoms with Gasteiger partial charge in [0, 0.05) is 18.7 Å². The Hall–Kier alpha value is -1.76. The van der Waals surface area contributed by atoms with Crippen molar-refractivity contribution in [3.63, 3.8) is 0 Å².